The molecule has 0 aliphatic heterocycles. The van der Waals surface area contributed by atoms with Crippen molar-refractivity contribution in [2.75, 3.05) is 13.2 Å². The highest BCUT2D eigenvalue weighted by Gasteiger charge is 2.15. The summed E-state index contributed by atoms with van der Waals surface area (Å²) in [7, 11) is -1.30. The molecular weight excluding hydrogens is 235 g/mol. The molecular formula is C13H19O3P. The molecule has 0 aliphatic carbocycles. The number of hydrogen-bond donors (Lipinski definition) is 0. The Bertz CT molecular complexity index is 332. The van der Waals surface area contributed by atoms with Gasteiger partial charge in [0.05, 0.1) is 13.2 Å². The van der Waals surface area contributed by atoms with Crippen molar-refractivity contribution in [3.05, 3.63) is 42.0 Å². The fourth-order valence-corrected chi connectivity index (χ4v) is 2.23. The van der Waals surface area contributed by atoms with Crippen molar-refractivity contribution in [3.8, 4) is 0 Å². The molecule has 0 fully saturated rings. The van der Waals surface area contributed by atoms with Crippen LogP contribution in [-0.4, -0.2) is 13.2 Å². The maximum absolute atomic E-state index is 5.75. The second-order valence-electron chi connectivity index (χ2n) is 3.17. The third-order valence-corrected chi connectivity index (χ3v) is 3.25. The van der Waals surface area contributed by atoms with Gasteiger partial charge in [0.25, 0.3) is 0 Å². The van der Waals surface area contributed by atoms with Crippen molar-refractivity contribution in [1.82, 2.24) is 0 Å². The summed E-state index contributed by atoms with van der Waals surface area (Å²) in [5.41, 5.74) is 1.03. The summed E-state index contributed by atoms with van der Waals surface area (Å²) < 4.78 is 16.6. The Hall–Kier alpha value is -0.890. The van der Waals surface area contributed by atoms with Crippen molar-refractivity contribution in [2.24, 2.45) is 0 Å². The second-order valence-corrected chi connectivity index (χ2v) is 4.32. The zero-order valence-electron chi connectivity index (χ0n) is 10.6. The van der Waals surface area contributed by atoms with Gasteiger partial charge in [0.15, 0.2) is 0 Å². The Morgan fingerprint density at radius 1 is 1.12 bits per heavy atom. The zero-order chi connectivity index (χ0) is 12.5. The van der Waals surface area contributed by atoms with Gasteiger partial charge in [-0.05, 0) is 26.8 Å². The Kier molecular flexibility index (Phi) is 6.87. The zero-order valence-corrected chi connectivity index (χ0v) is 11.4. The Morgan fingerprint density at radius 3 is 2.18 bits per heavy atom. The maximum Gasteiger partial charge on any atom is 0.397 e. The molecule has 0 atom stereocenters. The second kappa shape index (κ2) is 8.24. The van der Waals surface area contributed by atoms with E-state index >= 15 is 0 Å². The summed E-state index contributed by atoms with van der Waals surface area (Å²) in [6, 6.07) is 9.93. The molecule has 17 heavy (non-hydrogen) atoms. The van der Waals surface area contributed by atoms with Crippen LogP contribution in [0.5, 0.6) is 0 Å². The summed E-state index contributed by atoms with van der Waals surface area (Å²) in [6.07, 6.45) is 1.92. The van der Waals surface area contributed by atoms with Crippen molar-refractivity contribution in [2.45, 2.75) is 20.8 Å². The predicted octanol–water partition coefficient (Wildman–Crippen LogP) is 4.36. The lowest BCUT2D eigenvalue weighted by molar-refractivity contribution is 0.213. The smallest absolute Gasteiger partial charge is 0.397 e. The van der Waals surface area contributed by atoms with Crippen LogP contribution in [0.1, 0.15) is 26.3 Å². The minimum absolute atomic E-state index is 0.581. The third-order valence-electron chi connectivity index (χ3n) is 1.96. The lowest BCUT2D eigenvalue weighted by Gasteiger charge is -2.17. The fraction of sp³-hybridized carbons (Fsp3) is 0.385. The van der Waals surface area contributed by atoms with E-state index in [0.717, 1.165) is 11.3 Å². The molecule has 94 valence electrons. The molecule has 0 spiro atoms. The molecule has 0 radical (unpaired) electrons. The van der Waals surface area contributed by atoms with E-state index in [1.807, 2.05) is 57.2 Å². The maximum atomic E-state index is 5.75. The van der Waals surface area contributed by atoms with Gasteiger partial charge in [-0.25, -0.2) is 0 Å². The molecule has 0 amide bonds. The van der Waals surface area contributed by atoms with Crippen LogP contribution in [0.3, 0.4) is 0 Å². The first-order valence-electron chi connectivity index (χ1n) is 5.77. The minimum atomic E-state index is -1.30. The molecule has 3 nitrogen and oxygen atoms in total. The average Bonchev–Trinajstić information content (AvgIpc) is 2.37. The summed E-state index contributed by atoms with van der Waals surface area (Å²) in [6.45, 7) is 6.95. The quantitative estimate of drug-likeness (QED) is 0.534. The molecule has 1 aromatic carbocycles. The first-order valence-corrected chi connectivity index (χ1v) is 6.87. The highest BCUT2D eigenvalue weighted by atomic mass is 31.2. The Labute approximate surface area is 104 Å². The van der Waals surface area contributed by atoms with E-state index in [-0.39, 0.29) is 0 Å². The van der Waals surface area contributed by atoms with Gasteiger partial charge in [-0.3, -0.25) is 0 Å². The van der Waals surface area contributed by atoms with Crippen LogP contribution in [-0.2, 0) is 13.6 Å². The van der Waals surface area contributed by atoms with E-state index < -0.39 is 8.60 Å². The molecule has 0 saturated carbocycles. The summed E-state index contributed by atoms with van der Waals surface area (Å²) in [4.78, 5) is 0. The molecule has 0 aliphatic rings. The van der Waals surface area contributed by atoms with Crippen LogP contribution in [0.25, 0.3) is 5.76 Å². The lowest BCUT2D eigenvalue weighted by atomic mass is 10.2. The van der Waals surface area contributed by atoms with Crippen molar-refractivity contribution < 1.29 is 13.6 Å². The average molecular weight is 254 g/mol. The number of hydrogen-bond acceptors (Lipinski definition) is 3. The topological polar surface area (TPSA) is 27.7 Å². The van der Waals surface area contributed by atoms with Gasteiger partial charge < -0.3 is 13.6 Å². The van der Waals surface area contributed by atoms with Crippen LogP contribution >= 0.6 is 8.60 Å². The molecule has 1 aromatic rings. The van der Waals surface area contributed by atoms with E-state index in [1.165, 1.54) is 0 Å². The van der Waals surface area contributed by atoms with E-state index in [9.17, 15) is 0 Å². The SMILES string of the molecule is C/C=C(/OP(OCC)OCC)c1ccccc1. The van der Waals surface area contributed by atoms with Gasteiger partial charge in [-0.2, -0.15) is 0 Å². The van der Waals surface area contributed by atoms with Gasteiger partial charge in [0, 0.05) is 5.56 Å². The lowest BCUT2D eigenvalue weighted by Crippen LogP contribution is -1.95. The standard InChI is InChI=1S/C13H19O3P/c1-4-13(12-10-8-7-9-11-12)16-17(14-5-2)15-6-3/h4,7-11H,5-6H2,1-3H3/b13-4+. The predicted molar refractivity (Wildman–Crippen MR) is 71.4 cm³/mol. The van der Waals surface area contributed by atoms with Crippen LogP contribution in [0.4, 0.5) is 0 Å². The molecule has 1 rings (SSSR count). The van der Waals surface area contributed by atoms with Gasteiger partial charge in [-0.1, -0.05) is 30.3 Å². The molecule has 4 heteroatoms. The molecule has 0 heterocycles. The monoisotopic (exact) mass is 254 g/mol. The highest BCUT2D eigenvalue weighted by molar-refractivity contribution is 7.42. The minimum Gasteiger partial charge on any atom is -0.426 e. The van der Waals surface area contributed by atoms with E-state index in [2.05, 4.69) is 0 Å². The Balaban J connectivity index is 2.69. The largest absolute Gasteiger partial charge is 0.426 e. The molecule has 0 aromatic heterocycles. The normalized spacial score (nSPS) is 11.9. The summed E-state index contributed by atoms with van der Waals surface area (Å²) in [5, 5.41) is 0. The van der Waals surface area contributed by atoms with Crippen molar-refractivity contribution in [3.63, 3.8) is 0 Å². The molecule has 0 unspecified atom stereocenters. The van der Waals surface area contributed by atoms with Gasteiger partial charge in [0.1, 0.15) is 5.76 Å². The van der Waals surface area contributed by atoms with Crippen molar-refractivity contribution in [1.29, 1.82) is 0 Å². The van der Waals surface area contributed by atoms with Gasteiger partial charge in [-0.15, -0.1) is 0 Å². The third kappa shape index (κ3) is 4.86. The van der Waals surface area contributed by atoms with Crippen LogP contribution in [0, 0.1) is 0 Å². The fourth-order valence-electron chi connectivity index (χ4n) is 1.26. The number of allylic oxidation sites excluding steroid dienone is 1. The van der Waals surface area contributed by atoms with Gasteiger partial charge >= 0.3 is 8.60 Å². The van der Waals surface area contributed by atoms with E-state index in [4.69, 9.17) is 13.6 Å². The first-order chi connectivity index (χ1) is 8.31. The number of rotatable bonds is 7. The van der Waals surface area contributed by atoms with Crippen LogP contribution < -0.4 is 0 Å². The summed E-state index contributed by atoms with van der Waals surface area (Å²) >= 11 is 0. The van der Waals surface area contributed by atoms with Crippen molar-refractivity contribution >= 4 is 14.4 Å². The van der Waals surface area contributed by atoms with E-state index in [1.54, 1.807) is 0 Å². The summed E-state index contributed by atoms with van der Waals surface area (Å²) in [5.74, 6) is 0.790. The Morgan fingerprint density at radius 2 is 1.71 bits per heavy atom. The molecule has 0 bridgehead atoms. The van der Waals surface area contributed by atoms with Gasteiger partial charge in [0.2, 0.25) is 0 Å². The van der Waals surface area contributed by atoms with E-state index in [0.29, 0.717) is 13.2 Å². The number of benzene rings is 1. The van der Waals surface area contributed by atoms with Crippen LogP contribution in [0.2, 0.25) is 0 Å². The molecule has 0 saturated heterocycles. The van der Waals surface area contributed by atoms with Crippen LogP contribution in [0.15, 0.2) is 36.4 Å². The molecule has 0 N–H and O–H groups in total. The first kappa shape index (κ1) is 14.2. The highest BCUT2D eigenvalue weighted by Crippen LogP contribution is 2.43.